The first kappa shape index (κ1) is 16.3. The molecule has 3 nitrogen and oxygen atoms in total. The lowest BCUT2D eigenvalue weighted by Gasteiger charge is -2.38. The highest BCUT2D eigenvalue weighted by atomic mass is 32.2. The maximum Gasteiger partial charge on any atom is 0.150 e. The monoisotopic (exact) mass is 301 g/mol. The third-order valence-electron chi connectivity index (χ3n) is 5.34. The van der Waals surface area contributed by atoms with Gasteiger partial charge in [0.25, 0.3) is 0 Å². The molecule has 20 heavy (non-hydrogen) atoms. The van der Waals surface area contributed by atoms with Crippen LogP contribution in [0.2, 0.25) is 0 Å². The molecule has 0 radical (unpaired) electrons. The molecule has 0 aromatic rings. The normalized spacial score (nSPS) is 35.9. The van der Waals surface area contributed by atoms with Gasteiger partial charge in [0.1, 0.15) is 9.84 Å². The van der Waals surface area contributed by atoms with Crippen molar-refractivity contribution in [1.29, 1.82) is 0 Å². The van der Waals surface area contributed by atoms with Crippen molar-refractivity contribution in [3.63, 3.8) is 0 Å². The molecule has 0 amide bonds. The van der Waals surface area contributed by atoms with E-state index in [1.807, 2.05) is 0 Å². The summed E-state index contributed by atoms with van der Waals surface area (Å²) in [5.74, 6) is 1.40. The summed E-state index contributed by atoms with van der Waals surface area (Å²) in [7, 11) is -2.84. The molecule has 2 fully saturated rings. The molecule has 2 aliphatic carbocycles. The molecule has 4 heteroatoms. The van der Waals surface area contributed by atoms with Crippen LogP contribution in [0.4, 0.5) is 0 Å². The van der Waals surface area contributed by atoms with Gasteiger partial charge >= 0.3 is 0 Å². The molecule has 0 heterocycles. The summed E-state index contributed by atoms with van der Waals surface area (Å²) in [4.78, 5) is 0. The lowest BCUT2D eigenvalue weighted by Crippen LogP contribution is -2.38. The van der Waals surface area contributed by atoms with Gasteiger partial charge < -0.3 is 5.32 Å². The van der Waals surface area contributed by atoms with E-state index < -0.39 is 9.84 Å². The summed E-state index contributed by atoms with van der Waals surface area (Å²) in [5.41, 5.74) is 0. The number of hydrogen-bond donors (Lipinski definition) is 1. The van der Waals surface area contributed by atoms with E-state index in [4.69, 9.17) is 0 Å². The van der Waals surface area contributed by atoms with Crippen molar-refractivity contribution in [2.24, 2.45) is 11.8 Å². The van der Waals surface area contributed by atoms with Crippen LogP contribution in [0.3, 0.4) is 0 Å². The van der Waals surface area contributed by atoms with Crippen molar-refractivity contribution in [3.8, 4) is 0 Å². The summed E-state index contributed by atoms with van der Waals surface area (Å²) in [6, 6.07) is 0.673. The minimum Gasteiger partial charge on any atom is -0.314 e. The van der Waals surface area contributed by atoms with Crippen molar-refractivity contribution >= 4 is 9.84 Å². The summed E-state index contributed by atoms with van der Waals surface area (Å²) in [6.07, 6.45) is 12.0. The number of nitrogens with one attached hydrogen (secondary N) is 1. The zero-order valence-electron chi connectivity index (χ0n) is 13.1. The molecule has 0 aliphatic heterocycles. The van der Waals surface area contributed by atoms with Crippen LogP contribution in [0.1, 0.15) is 64.7 Å². The SMILES string of the molecule is CCCNC1CCCC(C2CCCC(S(C)(=O)=O)C2)C1. The lowest BCUT2D eigenvalue weighted by atomic mass is 9.72. The van der Waals surface area contributed by atoms with Crippen LogP contribution in [-0.4, -0.2) is 32.5 Å². The van der Waals surface area contributed by atoms with Crippen LogP contribution >= 0.6 is 0 Å². The van der Waals surface area contributed by atoms with Gasteiger partial charge in [-0.2, -0.15) is 0 Å². The Morgan fingerprint density at radius 1 is 1.00 bits per heavy atom. The number of sulfone groups is 1. The largest absolute Gasteiger partial charge is 0.314 e. The maximum absolute atomic E-state index is 11.8. The first-order valence-corrected chi connectivity index (χ1v) is 10.4. The molecular weight excluding hydrogens is 270 g/mol. The topological polar surface area (TPSA) is 46.2 Å². The third kappa shape index (κ3) is 4.45. The second kappa shape index (κ2) is 7.26. The highest BCUT2D eigenvalue weighted by molar-refractivity contribution is 7.91. The Morgan fingerprint density at radius 3 is 2.30 bits per heavy atom. The third-order valence-corrected chi connectivity index (χ3v) is 6.98. The smallest absolute Gasteiger partial charge is 0.150 e. The number of rotatable bonds is 5. The summed E-state index contributed by atoms with van der Waals surface area (Å²) in [6.45, 7) is 3.33. The van der Waals surface area contributed by atoms with E-state index >= 15 is 0 Å². The van der Waals surface area contributed by atoms with Gasteiger partial charge in [-0.15, -0.1) is 0 Å². The van der Waals surface area contributed by atoms with E-state index in [2.05, 4.69) is 12.2 Å². The minimum atomic E-state index is -2.84. The van der Waals surface area contributed by atoms with Crippen LogP contribution in [0, 0.1) is 11.8 Å². The zero-order chi connectivity index (χ0) is 14.6. The molecule has 2 saturated carbocycles. The minimum absolute atomic E-state index is 0.0646. The first-order valence-electron chi connectivity index (χ1n) is 8.43. The van der Waals surface area contributed by atoms with Crippen molar-refractivity contribution in [2.45, 2.75) is 76.0 Å². The van der Waals surface area contributed by atoms with Crippen molar-refractivity contribution in [3.05, 3.63) is 0 Å². The van der Waals surface area contributed by atoms with Crippen LogP contribution in [0.25, 0.3) is 0 Å². The quantitative estimate of drug-likeness (QED) is 0.848. The summed E-state index contributed by atoms with van der Waals surface area (Å²) in [5, 5.41) is 3.60. The van der Waals surface area contributed by atoms with Crippen molar-refractivity contribution < 1.29 is 8.42 Å². The van der Waals surface area contributed by atoms with Gasteiger partial charge in [0.15, 0.2) is 0 Å². The first-order chi connectivity index (χ1) is 9.50. The van der Waals surface area contributed by atoms with Crippen molar-refractivity contribution in [2.75, 3.05) is 12.8 Å². The van der Waals surface area contributed by atoms with Gasteiger partial charge in [0, 0.05) is 12.3 Å². The molecule has 0 bridgehead atoms. The maximum atomic E-state index is 11.8. The molecular formula is C16H31NO2S. The predicted octanol–water partition coefficient (Wildman–Crippen LogP) is 3.15. The molecule has 2 rings (SSSR count). The Hall–Kier alpha value is -0.0900. The van der Waals surface area contributed by atoms with Crippen LogP contribution in [-0.2, 0) is 9.84 Å². The highest BCUT2D eigenvalue weighted by Crippen LogP contribution is 2.39. The van der Waals surface area contributed by atoms with E-state index in [1.165, 1.54) is 44.8 Å². The van der Waals surface area contributed by atoms with Gasteiger partial charge in [-0.1, -0.05) is 32.6 Å². The Labute approximate surface area is 124 Å². The zero-order valence-corrected chi connectivity index (χ0v) is 13.9. The van der Waals surface area contributed by atoms with E-state index in [0.717, 1.165) is 31.7 Å². The second-order valence-electron chi connectivity index (χ2n) is 6.96. The van der Waals surface area contributed by atoms with Gasteiger partial charge in [-0.3, -0.25) is 0 Å². The van der Waals surface area contributed by atoms with Crippen molar-refractivity contribution in [1.82, 2.24) is 5.32 Å². The van der Waals surface area contributed by atoms with Crippen LogP contribution in [0.5, 0.6) is 0 Å². The second-order valence-corrected chi connectivity index (χ2v) is 9.28. The highest BCUT2D eigenvalue weighted by Gasteiger charge is 2.35. The fourth-order valence-electron chi connectivity index (χ4n) is 4.19. The van der Waals surface area contributed by atoms with Crippen LogP contribution < -0.4 is 5.32 Å². The molecule has 118 valence electrons. The van der Waals surface area contributed by atoms with Gasteiger partial charge in [-0.25, -0.2) is 8.42 Å². The van der Waals surface area contributed by atoms with Crippen LogP contribution in [0.15, 0.2) is 0 Å². The molecule has 0 aromatic carbocycles. The number of hydrogen-bond acceptors (Lipinski definition) is 3. The summed E-state index contributed by atoms with van der Waals surface area (Å²) >= 11 is 0. The van der Waals surface area contributed by atoms with E-state index in [0.29, 0.717) is 12.0 Å². The molecule has 2 aliphatic rings. The lowest BCUT2D eigenvalue weighted by molar-refractivity contribution is 0.173. The fraction of sp³-hybridized carbons (Fsp3) is 1.00. The Bertz CT molecular complexity index is 393. The Morgan fingerprint density at radius 2 is 1.65 bits per heavy atom. The Balaban J connectivity index is 1.90. The summed E-state index contributed by atoms with van der Waals surface area (Å²) < 4.78 is 23.6. The van der Waals surface area contributed by atoms with Gasteiger partial charge in [0.2, 0.25) is 0 Å². The Kier molecular flexibility index (Phi) is 5.91. The standard InChI is InChI=1S/C16H31NO2S/c1-3-10-17-15-8-4-6-13(11-15)14-7-5-9-16(12-14)20(2,18)19/h13-17H,3-12H2,1-2H3. The average molecular weight is 301 g/mol. The average Bonchev–Trinajstić information content (AvgIpc) is 2.45. The molecule has 0 aromatic heterocycles. The fourth-order valence-corrected chi connectivity index (χ4v) is 5.38. The van der Waals surface area contributed by atoms with E-state index in [9.17, 15) is 8.42 Å². The van der Waals surface area contributed by atoms with E-state index in [-0.39, 0.29) is 5.25 Å². The van der Waals surface area contributed by atoms with Gasteiger partial charge in [0.05, 0.1) is 5.25 Å². The molecule has 4 unspecified atom stereocenters. The molecule has 4 atom stereocenters. The van der Waals surface area contributed by atoms with Gasteiger partial charge in [-0.05, 0) is 50.5 Å². The van der Waals surface area contributed by atoms with E-state index in [1.54, 1.807) is 0 Å². The molecule has 0 saturated heterocycles. The predicted molar refractivity (Wildman–Crippen MR) is 84.6 cm³/mol. The molecule has 0 spiro atoms. The molecule has 1 N–H and O–H groups in total.